The van der Waals surface area contributed by atoms with Crippen LogP contribution in [0.1, 0.15) is 30.0 Å². The highest BCUT2D eigenvalue weighted by atomic mass is 79.9. The first kappa shape index (κ1) is 10.4. The van der Waals surface area contributed by atoms with Gasteiger partial charge in [0.25, 0.3) is 0 Å². The van der Waals surface area contributed by atoms with Gasteiger partial charge in [0.1, 0.15) is 5.82 Å². The molecule has 0 bridgehead atoms. The van der Waals surface area contributed by atoms with Crippen LogP contribution in [-0.4, -0.2) is 0 Å². The van der Waals surface area contributed by atoms with Crippen LogP contribution in [0.2, 0.25) is 5.02 Å². The van der Waals surface area contributed by atoms with Crippen molar-refractivity contribution in [3.8, 4) is 0 Å². The van der Waals surface area contributed by atoms with E-state index >= 15 is 0 Å². The van der Waals surface area contributed by atoms with Gasteiger partial charge in [0.2, 0.25) is 0 Å². The molecule has 0 heterocycles. The molecule has 1 nitrogen and oxygen atoms in total. The third kappa shape index (κ3) is 1.58. The number of hydrogen-bond donors (Lipinski definition) is 1. The SMILES string of the molecule is NC1CCCc2c(F)cc(Br)c(Cl)c21. The van der Waals surface area contributed by atoms with Crippen molar-refractivity contribution in [1.29, 1.82) is 0 Å². The van der Waals surface area contributed by atoms with Crippen molar-refractivity contribution >= 4 is 27.5 Å². The number of halogens is 3. The van der Waals surface area contributed by atoms with Crippen molar-refractivity contribution in [2.24, 2.45) is 5.73 Å². The minimum absolute atomic E-state index is 0.127. The van der Waals surface area contributed by atoms with Crippen LogP contribution in [0, 0.1) is 5.82 Å². The zero-order valence-corrected chi connectivity index (χ0v) is 9.83. The average molecular weight is 279 g/mol. The largest absolute Gasteiger partial charge is 0.324 e. The van der Waals surface area contributed by atoms with Gasteiger partial charge in [-0.15, -0.1) is 0 Å². The second-order valence-corrected chi connectivity index (χ2v) is 4.78. The first-order valence-corrected chi connectivity index (χ1v) is 5.70. The van der Waals surface area contributed by atoms with Gasteiger partial charge in [0, 0.05) is 10.5 Å². The lowest BCUT2D eigenvalue weighted by atomic mass is 9.88. The van der Waals surface area contributed by atoms with Crippen LogP contribution >= 0.6 is 27.5 Å². The number of benzene rings is 1. The summed E-state index contributed by atoms with van der Waals surface area (Å²) < 4.78 is 14.1. The maximum Gasteiger partial charge on any atom is 0.127 e. The summed E-state index contributed by atoms with van der Waals surface area (Å²) in [5.41, 5.74) is 7.39. The van der Waals surface area contributed by atoms with Crippen LogP contribution in [0.5, 0.6) is 0 Å². The molecular weight excluding hydrogens is 268 g/mol. The van der Waals surface area contributed by atoms with Crippen molar-refractivity contribution in [3.63, 3.8) is 0 Å². The maximum absolute atomic E-state index is 13.5. The summed E-state index contributed by atoms with van der Waals surface area (Å²) in [5, 5.41) is 0.564. The van der Waals surface area contributed by atoms with Gasteiger partial charge in [0.15, 0.2) is 0 Å². The molecule has 1 aromatic rings. The van der Waals surface area contributed by atoms with E-state index in [9.17, 15) is 4.39 Å². The lowest BCUT2D eigenvalue weighted by molar-refractivity contribution is 0.531. The molecule has 0 spiro atoms. The summed E-state index contributed by atoms with van der Waals surface area (Å²) >= 11 is 9.31. The lowest BCUT2D eigenvalue weighted by Gasteiger charge is -2.24. The second kappa shape index (κ2) is 3.80. The number of nitrogens with two attached hydrogens (primary N) is 1. The Kier molecular flexibility index (Phi) is 2.82. The van der Waals surface area contributed by atoms with E-state index in [1.807, 2.05) is 0 Å². The van der Waals surface area contributed by atoms with E-state index in [0.29, 0.717) is 15.1 Å². The number of fused-ring (bicyclic) bond motifs is 1. The predicted octanol–water partition coefficient (Wildman–Crippen LogP) is 3.58. The Labute approximate surface area is 95.6 Å². The first-order valence-electron chi connectivity index (χ1n) is 4.53. The summed E-state index contributed by atoms with van der Waals surface area (Å²) in [7, 11) is 0. The third-order valence-electron chi connectivity index (χ3n) is 2.63. The minimum atomic E-state index is -0.202. The molecule has 1 atom stereocenters. The van der Waals surface area contributed by atoms with Crippen LogP contribution in [0.4, 0.5) is 4.39 Å². The Balaban J connectivity index is 2.67. The monoisotopic (exact) mass is 277 g/mol. The van der Waals surface area contributed by atoms with Crippen LogP contribution in [-0.2, 0) is 6.42 Å². The van der Waals surface area contributed by atoms with Crippen LogP contribution in [0.3, 0.4) is 0 Å². The van der Waals surface area contributed by atoms with Gasteiger partial charge in [0.05, 0.1) is 5.02 Å². The van der Waals surface area contributed by atoms with E-state index in [2.05, 4.69) is 15.9 Å². The highest BCUT2D eigenvalue weighted by molar-refractivity contribution is 9.10. The molecule has 14 heavy (non-hydrogen) atoms. The zero-order valence-electron chi connectivity index (χ0n) is 7.49. The van der Waals surface area contributed by atoms with Crippen molar-refractivity contribution in [3.05, 3.63) is 32.5 Å². The Hall–Kier alpha value is -0.120. The van der Waals surface area contributed by atoms with Gasteiger partial charge in [-0.3, -0.25) is 0 Å². The molecule has 1 aliphatic carbocycles. The third-order valence-corrected chi connectivity index (χ3v) is 3.89. The molecule has 0 aliphatic heterocycles. The van der Waals surface area contributed by atoms with Crippen molar-refractivity contribution in [2.45, 2.75) is 25.3 Å². The molecule has 1 aromatic carbocycles. The molecule has 0 aromatic heterocycles. The van der Waals surface area contributed by atoms with E-state index < -0.39 is 0 Å². The summed E-state index contributed by atoms with van der Waals surface area (Å²) in [4.78, 5) is 0. The predicted molar refractivity (Wildman–Crippen MR) is 59.0 cm³/mol. The lowest BCUT2D eigenvalue weighted by Crippen LogP contribution is -2.19. The summed E-state index contributed by atoms with van der Waals surface area (Å²) in [6.07, 6.45) is 2.55. The van der Waals surface area contributed by atoms with E-state index in [4.69, 9.17) is 17.3 Å². The van der Waals surface area contributed by atoms with Gasteiger partial charge in [-0.2, -0.15) is 0 Å². The molecule has 0 saturated heterocycles. The smallest absolute Gasteiger partial charge is 0.127 e. The molecule has 0 fully saturated rings. The van der Waals surface area contributed by atoms with Gasteiger partial charge in [-0.1, -0.05) is 11.6 Å². The number of rotatable bonds is 0. The van der Waals surface area contributed by atoms with Gasteiger partial charge < -0.3 is 5.73 Å². The van der Waals surface area contributed by atoms with Crippen LogP contribution < -0.4 is 5.73 Å². The fraction of sp³-hybridized carbons (Fsp3) is 0.400. The fourth-order valence-corrected chi connectivity index (χ4v) is 2.66. The highest BCUT2D eigenvalue weighted by Crippen LogP contribution is 2.39. The van der Waals surface area contributed by atoms with Crippen molar-refractivity contribution < 1.29 is 4.39 Å². The molecule has 2 N–H and O–H groups in total. The van der Waals surface area contributed by atoms with E-state index in [1.54, 1.807) is 0 Å². The number of hydrogen-bond acceptors (Lipinski definition) is 1. The highest BCUT2D eigenvalue weighted by Gasteiger charge is 2.24. The molecular formula is C10H10BrClFN. The summed E-state index contributed by atoms with van der Waals surface area (Å²) in [6, 6.07) is 1.29. The maximum atomic E-state index is 13.5. The first-order chi connectivity index (χ1) is 6.61. The molecule has 2 rings (SSSR count). The van der Waals surface area contributed by atoms with Gasteiger partial charge >= 0.3 is 0 Å². The fourth-order valence-electron chi connectivity index (χ4n) is 1.94. The molecule has 0 amide bonds. The van der Waals surface area contributed by atoms with Crippen LogP contribution in [0.25, 0.3) is 0 Å². The molecule has 1 unspecified atom stereocenters. The van der Waals surface area contributed by atoms with E-state index in [0.717, 1.165) is 24.8 Å². The Morgan fingerprint density at radius 3 is 3.00 bits per heavy atom. The molecule has 0 radical (unpaired) electrons. The Morgan fingerprint density at radius 2 is 2.29 bits per heavy atom. The molecule has 1 aliphatic rings. The van der Waals surface area contributed by atoms with E-state index in [-0.39, 0.29) is 11.9 Å². The van der Waals surface area contributed by atoms with Crippen molar-refractivity contribution in [2.75, 3.05) is 0 Å². The quantitative estimate of drug-likeness (QED) is 0.721. The molecule has 4 heteroatoms. The van der Waals surface area contributed by atoms with Gasteiger partial charge in [-0.25, -0.2) is 4.39 Å². The van der Waals surface area contributed by atoms with Gasteiger partial charge in [-0.05, 0) is 52.4 Å². The topological polar surface area (TPSA) is 26.0 Å². The Bertz CT molecular complexity index is 381. The standard InChI is InChI=1S/C10H10BrClFN/c11-6-4-7(13)5-2-1-3-8(14)9(5)10(6)12/h4,8H,1-3,14H2. The molecule has 76 valence electrons. The minimum Gasteiger partial charge on any atom is -0.324 e. The Morgan fingerprint density at radius 1 is 1.57 bits per heavy atom. The van der Waals surface area contributed by atoms with Crippen molar-refractivity contribution in [1.82, 2.24) is 0 Å². The summed E-state index contributed by atoms with van der Waals surface area (Å²) in [5.74, 6) is -0.202. The molecule has 0 saturated carbocycles. The summed E-state index contributed by atoms with van der Waals surface area (Å²) in [6.45, 7) is 0. The second-order valence-electron chi connectivity index (χ2n) is 3.55. The van der Waals surface area contributed by atoms with Crippen LogP contribution in [0.15, 0.2) is 10.5 Å². The van der Waals surface area contributed by atoms with E-state index in [1.165, 1.54) is 6.07 Å². The zero-order chi connectivity index (χ0) is 10.3. The normalized spacial score (nSPS) is 20.7. The average Bonchev–Trinajstić information content (AvgIpc) is 2.14.